The van der Waals surface area contributed by atoms with Crippen molar-refractivity contribution in [3.8, 4) is 0 Å². The van der Waals surface area contributed by atoms with E-state index in [4.69, 9.17) is 0 Å². The van der Waals surface area contributed by atoms with Crippen molar-refractivity contribution in [1.29, 1.82) is 0 Å². The van der Waals surface area contributed by atoms with Crippen LogP contribution in [0.3, 0.4) is 0 Å². The van der Waals surface area contributed by atoms with E-state index >= 15 is 0 Å². The van der Waals surface area contributed by atoms with Gasteiger partial charge >= 0.3 is 0 Å². The van der Waals surface area contributed by atoms with E-state index in [0.29, 0.717) is 0 Å². The Hall–Kier alpha value is -1.04. The van der Waals surface area contributed by atoms with Gasteiger partial charge in [0.1, 0.15) is 0 Å². The molecule has 0 aliphatic rings. The lowest BCUT2D eigenvalue weighted by molar-refractivity contribution is 1.59. The predicted octanol–water partition coefficient (Wildman–Crippen LogP) is 3.64. The highest BCUT2D eigenvalue weighted by atomic mass is 13.8. The first kappa shape index (κ1) is 9.96. The molecule has 11 heavy (non-hydrogen) atoms. The van der Waals surface area contributed by atoms with Crippen molar-refractivity contribution in [3.05, 3.63) is 48.1 Å². The quantitative estimate of drug-likeness (QED) is 0.536. The lowest BCUT2D eigenvalue weighted by Crippen LogP contribution is -1.67. The standard InChI is InChI=1S/C11H16/c1-4-7-10-11(8-5-2)9-6-3/h4-10H,1-3H3/b7-4-,8-5-,9-6+,11-10?. The summed E-state index contributed by atoms with van der Waals surface area (Å²) in [5.41, 5.74) is 1.23. The Morgan fingerprint density at radius 1 is 0.818 bits per heavy atom. The zero-order chi connectivity index (χ0) is 8.53. The van der Waals surface area contributed by atoms with Gasteiger partial charge in [-0.2, -0.15) is 0 Å². The molecule has 0 fully saturated rings. The molecule has 0 heterocycles. The molecule has 60 valence electrons. The van der Waals surface area contributed by atoms with Gasteiger partial charge in [-0.15, -0.1) is 0 Å². The third kappa shape index (κ3) is 5.41. The summed E-state index contributed by atoms with van der Waals surface area (Å²) in [7, 11) is 0. The van der Waals surface area contributed by atoms with Gasteiger partial charge in [-0.3, -0.25) is 0 Å². The van der Waals surface area contributed by atoms with Gasteiger partial charge in [-0.05, 0) is 26.3 Å². The van der Waals surface area contributed by atoms with Gasteiger partial charge in [0.25, 0.3) is 0 Å². The SMILES string of the molecule is C/C=C\C=C(/C=C\C)/C=C/C. The third-order valence-corrected chi connectivity index (χ3v) is 1.20. The fourth-order valence-corrected chi connectivity index (χ4v) is 0.759. The van der Waals surface area contributed by atoms with E-state index in [1.165, 1.54) is 5.57 Å². The first-order valence-electron chi connectivity index (χ1n) is 3.93. The maximum atomic E-state index is 2.08. The molecule has 0 aromatic heterocycles. The number of allylic oxidation sites excluding steroid dienone is 8. The molecule has 0 aliphatic carbocycles. The zero-order valence-electron chi connectivity index (χ0n) is 7.54. The topological polar surface area (TPSA) is 0 Å². The number of rotatable bonds is 3. The van der Waals surface area contributed by atoms with Gasteiger partial charge in [0.2, 0.25) is 0 Å². The van der Waals surface area contributed by atoms with Gasteiger partial charge < -0.3 is 0 Å². The van der Waals surface area contributed by atoms with Crippen molar-refractivity contribution in [1.82, 2.24) is 0 Å². The summed E-state index contributed by atoms with van der Waals surface area (Å²) in [6.45, 7) is 6.06. The van der Waals surface area contributed by atoms with Crippen LogP contribution in [0.15, 0.2) is 48.1 Å². The van der Waals surface area contributed by atoms with Gasteiger partial charge in [0.05, 0.1) is 0 Å². The molecule has 0 aromatic rings. The van der Waals surface area contributed by atoms with Gasteiger partial charge in [0.15, 0.2) is 0 Å². The van der Waals surface area contributed by atoms with E-state index in [9.17, 15) is 0 Å². The molecule has 0 amide bonds. The van der Waals surface area contributed by atoms with E-state index in [-0.39, 0.29) is 0 Å². The maximum absolute atomic E-state index is 2.08. The maximum Gasteiger partial charge on any atom is -0.0263 e. The largest absolute Gasteiger partial charge is 0.0876 e. The summed E-state index contributed by atoms with van der Waals surface area (Å²) < 4.78 is 0. The molecule has 0 unspecified atom stereocenters. The van der Waals surface area contributed by atoms with Crippen LogP contribution in [-0.4, -0.2) is 0 Å². The molecular weight excluding hydrogens is 132 g/mol. The lowest BCUT2D eigenvalue weighted by Gasteiger charge is -1.88. The predicted molar refractivity (Wildman–Crippen MR) is 52.5 cm³/mol. The van der Waals surface area contributed by atoms with E-state index < -0.39 is 0 Å². The summed E-state index contributed by atoms with van der Waals surface area (Å²) in [5, 5.41) is 0. The molecule has 0 heteroatoms. The smallest absolute Gasteiger partial charge is 0.0263 e. The van der Waals surface area contributed by atoms with Crippen molar-refractivity contribution in [2.45, 2.75) is 20.8 Å². The second-order valence-corrected chi connectivity index (χ2v) is 2.19. The first-order valence-corrected chi connectivity index (χ1v) is 3.93. The fourth-order valence-electron chi connectivity index (χ4n) is 0.759. The minimum Gasteiger partial charge on any atom is -0.0876 e. The highest BCUT2D eigenvalue weighted by Gasteiger charge is 1.78. The Morgan fingerprint density at radius 3 is 1.73 bits per heavy atom. The van der Waals surface area contributed by atoms with Crippen LogP contribution in [0.25, 0.3) is 0 Å². The minimum atomic E-state index is 1.23. The van der Waals surface area contributed by atoms with Crippen molar-refractivity contribution >= 4 is 0 Å². The second-order valence-electron chi connectivity index (χ2n) is 2.19. The molecule has 0 N–H and O–H groups in total. The summed E-state index contributed by atoms with van der Waals surface area (Å²) in [6, 6.07) is 0. The van der Waals surface area contributed by atoms with Crippen LogP contribution in [0.4, 0.5) is 0 Å². The monoisotopic (exact) mass is 148 g/mol. The normalized spacial score (nSPS) is 14.3. The number of hydrogen-bond donors (Lipinski definition) is 0. The lowest BCUT2D eigenvalue weighted by atomic mass is 10.2. The highest BCUT2D eigenvalue weighted by molar-refractivity contribution is 5.33. The molecule has 0 radical (unpaired) electrons. The van der Waals surface area contributed by atoms with E-state index in [0.717, 1.165) is 0 Å². The van der Waals surface area contributed by atoms with Crippen molar-refractivity contribution in [3.63, 3.8) is 0 Å². The molecule has 0 spiro atoms. The Morgan fingerprint density at radius 2 is 1.36 bits per heavy atom. The van der Waals surface area contributed by atoms with Crippen molar-refractivity contribution < 1.29 is 0 Å². The summed E-state index contributed by atoms with van der Waals surface area (Å²) in [5.74, 6) is 0. The average molecular weight is 148 g/mol. The van der Waals surface area contributed by atoms with E-state index in [2.05, 4.69) is 18.2 Å². The van der Waals surface area contributed by atoms with Gasteiger partial charge in [-0.1, -0.05) is 42.5 Å². The minimum absolute atomic E-state index is 1.23. The Bertz CT molecular complexity index is 176. The van der Waals surface area contributed by atoms with Crippen LogP contribution < -0.4 is 0 Å². The third-order valence-electron chi connectivity index (χ3n) is 1.20. The molecule has 0 aromatic carbocycles. The van der Waals surface area contributed by atoms with E-state index in [1.807, 2.05) is 45.1 Å². The second kappa shape index (κ2) is 7.07. The number of hydrogen-bond acceptors (Lipinski definition) is 0. The van der Waals surface area contributed by atoms with Crippen LogP contribution >= 0.6 is 0 Å². The molecular formula is C11H16. The van der Waals surface area contributed by atoms with Gasteiger partial charge in [-0.25, -0.2) is 0 Å². The molecule has 0 saturated carbocycles. The molecule has 0 bridgehead atoms. The highest BCUT2D eigenvalue weighted by Crippen LogP contribution is 1.99. The molecule has 0 saturated heterocycles. The first-order chi connectivity index (χ1) is 5.35. The van der Waals surface area contributed by atoms with Crippen LogP contribution in [0.5, 0.6) is 0 Å². The van der Waals surface area contributed by atoms with Crippen molar-refractivity contribution in [2.24, 2.45) is 0 Å². The Balaban J connectivity index is 4.31. The summed E-state index contributed by atoms with van der Waals surface area (Å²) >= 11 is 0. The van der Waals surface area contributed by atoms with Crippen LogP contribution in [0.1, 0.15) is 20.8 Å². The Kier molecular flexibility index (Phi) is 6.40. The average Bonchev–Trinajstić information content (AvgIpc) is 2.01. The van der Waals surface area contributed by atoms with Crippen LogP contribution in [0, 0.1) is 0 Å². The molecule has 0 aliphatic heterocycles. The molecule has 0 nitrogen and oxygen atoms in total. The molecule has 0 atom stereocenters. The van der Waals surface area contributed by atoms with Crippen LogP contribution in [0.2, 0.25) is 0 Å². The summed E-state index contributed by atoms with van der Waals surface area (Å²) in [6.07, 6.45) is 14.4. The van der Waals surface area contributed by atoms with Gasteiger partial charge in [0, 0.05) is 0 Å². The zero-order valence-corrected chi connectivity index (χ0v) is 7.54. The molecule has 0 rings (SSSR count). The summed E-state index contributed by atoms with van der Waals surface area (Å²) in [4.78, 5) is 0. The Labute approximate surface area is 69.6 Å². The van der Waals surface area contributed by atoms with Crippen LogP contribution in [-0.2, 0) is 0 Å². The van der Waals surface area contributed by atoms with Crippen molar-refractivity contribution in [2.75, 3.05) is 0 Å². The van der Waals surface area contributed by atoms with E-state index in [1.54, 1.807) is 0 Å². The fraction of sp³-hybridized carbons (Fsp3) is 0.273.